The normalized spacial score (nSPS) is 26.0. The van der Waals surface area contributed by atoms with Crippen LogP contribution in [0.15, 0.2) is 64.4 Å². The third kappa shape index (κ3) is 3.22. The summed E-state index contributed by atoms with van der Waals surface area (Å²) in [7, 11) is 0. The summed E-state index contributed by atoms with van der Waals surface area (Å²) in [6.45, 7) is 5.47. The molecule has 2 unspecified atom stereocenters. The molecule has 3 nitrogen and oxygen atoms in total. The maximum Gasteiger partial charge on any atom is 0.152 e. The fourth-order valence-corrected chi connectivity index (χ4v) is 3.92. The fraction of sp³-hybridized carbons (Fsp3) is 0.381. The minimum absolute atomic E-state index is 0.0525. The second kappa shape index (κ2) is 6.06. The van der Waals surface area contributed by atoms with Crippen LogP contribution < -0.4 is 5.32 Å². The number of rotatable bonds is 4. The number of fused-ring (bicyclic) bond motifs is 4. The molecule has 124 valence electrons. The Kier molecular flexibility index (Phi) is 3.89. The molecule has 0 aliphatic heterocycles. The van der Waals surface area contributed by atoms with Gasteiger partial charge in [0, 0.05) is 18.3 Å². The van der Waals surface area contributed by atoms with Crippen LogP contribution in [0, 0.1) is 5.92 Å². The van der Waals surface area contributed by atoms with Gasteiger partial charge in [0.25, 0.3) is 0 Å². The third-order valence-corrected chi connectivity index (χ3v) is 4.99. The molecule has 5 rings (SSSR count). The SMILES string of the molecule is CC1C=C2CC(=CC(C)(NCc3ccc(-c4ccco4)nc3)C1)C2. The number of nitrogens with zero attached hydrogens (tertiary/aromatic N) is 1. The van der Waals surface area contributed by atoms with Gasteiger partial charge in [-0.3, -0.25) is 4.98 Å². The molecule has 2 aromatic heterocycles. The monoisotopic (exact) mass is 320 g/mol. The summed E-state index contributed by atoms with van der Waals surface area (Å²) in [5.74, 6) is 1.43. The summed E-state index contributed by atoms with van der Waals surface area (Å²) in [5.41, 5.74) is 5.33. The van der Waals surface area contributed by atoms with E-state index in [4.69, 9.17) is 4.42 Å². The van der Waals surface area contributed by atoms with E-state index in [0.717, 1.165) is 24.4 Å². The van der Waals surface area contributed by atoms with Gasteiger partial charge in [-0.1, -0.05) is 36.3 Å². The minimum atomic E-state index is 0.0525. The van der Waals surface area contributed by atoms with Gasteiger partial charge in [-0.15, -0.1) is 0 Å². The van der Waals surface area contributed by atoms with Crippen LogP contribution >= 0.6 is 0 Å². The van der Waals surface area contributed by atoms with Crippen molar-refractivity contribution in [3.05, 3.63) is 65.6 Å². The summed E-state index contributed by atoms with van der Waals surface area (Å²) in [4.78, 5) is 4.52. The average Bonchev–Trinajstić information content (AvgIpc) is 3.04. The van der Waals surface area contributed by atoms with Crippen molar-refractivity contribution >= 4 is 0 Å². The number of pyridine rings is 1. The molecule has 24 heavy (non-hydrogen) atoms. The smallest absolute Gasteiger partial charge is 0.152 e. The van der Waals surface area contributed by atoms with Crippen LogP contribution in [0.3, 0.4) is 0 Å². The van der Waals surface area contributed by atoms with Gasteiger partial charge in [-0.25, -0.2) is 0 Å². The van der Waals surface area contributed by atoms with Crippen molar-refractivity contribution in [2.45, 2.75) is 45.2 Å². The van der Waals surface area contributed by atoms with Gasteiger partial charge in [0.1, 0.15) is 5.69 Å². The number of allylic oxidation sites excluding steroid dienone is 3. The molecule has 3 heteroatoms. The second-order valence-corrected chi connectivity index (χ2v) is 7.46. The quantitative estimate of drug-likeness (QED) is 0.816. The molecular weight excluding hydrogens is 296 g/mol. The van der Waals surface area contributed by atoms with Crippen LogP contribution in [0.2, 0.25) is 0 Å². The molecule has 1 N–H and O–H groups in total. The molecule has 3 aliphatic carbocycles. The van der Waals surface area contributed by atoms with Gasteiger partial charge >= 0.3 is 0 Å². The van der Waals surface area contributed by atoms with Gasteiger partial charge in [-0.05, 0) is 55.9 Å². The lowest BCUT2D eigenvalue weighted by molar-refractivity contribution is 0.359. The first-order chi connectivity index (χ1) is 11.6. The summed E-state index contributed by atoms with van der Waals surface area (Å²) in [6.07, 6.45) is 12.0. The van der Waals surface area contributed by atoms with Crippen molar-refractivity contribution in [2.24, 2.45) is 5.92 Å². The Hall–Kier alpha value is -2.13. The number of nitrogens with one attached hydrogen (secondary N) is 1. The lowest BCUT2D eigenvalue weighted by atomic mass is 9.75. The van der Waals surface area contributed by atoms with Crippen molar-refractivity contribution in [1.29, 1.82) is 0 Å². The van der Waals surface area contributed by atoms with Crippen molar-refractivity contribution in [3.63, 3.8) is 0 Å². The fourth-order valence-electron chi connectivity index (χ4n) is 3.92. The summed E-state index contributed by atoms with van der Waals surface area (Å²) in [5, 5.41) is 3.75. The number of aromatic nitrogens is 1. The van der Waals surface area contributed by atoms with Crippen LogP contribution in [0.4, 0.5) is 0 Å². The Morgan fingerprint density at radius 2 is 2.12 bits per heavy atom. The molecule has 2 bridgehead atoms. The van der Waals surface area contributed by atoms with Crippen LogP contribution in [-0.2, 0) is 6.54 Å². The third-order valence-electron chi connectivity index (χ3n) is 4.99. The standard InChI is InChI=1S/C21H24N2O/c1-15-8-17-9-18(10-17)12-21(2,11-15)23-14-16-5-6-19(22-13-16)20-4-3-7-24-20/h3-8,12-13,15,23H,9-11,14H2,1-2H3. The maximum absolute atomic E-state index is 5.39. The van der Waals surface area contributed by atoms with E-state index in [1.165, 1.54) is 18.4 Å². The summed E-state index contributed by atoms with van der Waals surface area (Å²) in [6, 6.07) is 7.97. The molecule has 0 aromatic carbocycles. The van der Waals surface area contributed by atoms with E-state index in [2.05, 4.69) is 42.4 Å². The Labute approximate surface area is 143 Å². The molecule has 3 aliphatic rings. The summed E-state index contributed by atoms with van der Waals surface area (Å²) < 4.78 is 5.39. The Bertz CT molecular complexity index is 761. The first-order valence-electron chi connectivity index (χ1n) is 8.74. The van der Waals surface area contributed by atoms with E-state index in [0.29, 0.717) is 5.92 Å². The second-order valence-electron chi connectivity index (χ2n) is 7.46. The molecule has 1 fully saturated rings. The molecule has 0 radical (unpaired) electrons. The van der Waals surface area contributed by atoms with Gasteiger partial charge in [-0.2, -0.15) is 0 Å². The lowest BCUT2D eigenvalue weighted by Gasteiger charge is -2.37. The van der Waals surface area contributed by atoms with Crippen LogP contribution in [-0.4, -0.2) is 10.5 Å². The zero-order valence-corrected chi connectivity index (χ0v) is 14.4. The van der Waals surface area contributed by atoms with Crippen LogP contribution in [0.1, 0.15) is 38.7 Å². The van der Waals surface area contributed by atoms with E-state index in [9.17, 15) is 0 Å². The zero-order valence-electron chi connectivity index (χ0n) is 14.4. The predicted molar refractivity (Wildman–Crippen MR) is 96.4 cm³/mol. The van der Waals surface area contributed by atoms with Crippen molar-refractivity contribution < 1.29 is 4.42 Å². The van der Waals surface area contributed by atoms with E-state index >= 15 is 0 Å². The molecule has 2 heterocycles. The van der Waals surface area contributed by atoms with Gasteiger partial charge in [0.2, 0.25) is 0 Å². The summed E-state index contributed by atoms with van der Waals surface area (Å²) >= 11 is 0. The number of hydrogen-bond acceptors (Lipinski definition) is 3. The first kappa shape index (κ1) is 15.4. The van der Waals surface area contributed by atoms with Crippen molar-refractivity contribution in [3.8, 4) is 11.5 Å². The van der Waals surface area contributed by atoms with Gasteiger partial charge in [0.15, 0.2) is 5.76 Å². The lowest BCUT2D eigenvalue weighted by Crippen LogP contribution is -2.42. The molecule has 0 amide bonds. The first-order valence-corrected chi connectivity index (χ1v) is 8.74. The average molecular weight is 320 g/mol. The van der Waals surface area contributed by atoms with Crippen molar-refractivity contribution in [1.82, 2.24) is 10.3 Å². The molecule has 1 saturated carbocycles. The highest BCUT2D eigenvalue weighted by Crippen LogP contribution is 2.39. The molecule has 0 saturated heterocycles. The molecule has 2 atom stereocenters. The Balaban J connectivity index is 1.44. The van der Waals surface area contributed by atoms with E-state index in [1.807, 2.05) is 24.4 Å². The van der Waals surface area contributed by atoms with Gasteiger partial charge in [0.05, 0.1) is 6.26 Å². The number of hydrogen-bond donors (Lipinski definition) is 1. The topological polar surface area (TPSA) is 38.1 Å². The van der Waals surface area contributed by atoms with E-state index in [-0.39, 0.29) is 5.54 Å². The zero-order chi connectivity index (χ0) is 16.6. The predicted octanol–water partition coefficient (Wildman–Crippen LogP) is 4.88. The van der Waals surface area contributed by atoms with E-state index in [1.54, 1.807) is 17.4 Å². The largest absolute Gasteiger partial charge is 0.463 e. The van der Waals surface area contributed by atoms with Crippen LogP contribution in [0.5, 0.6) is 0 Å². The highest BCUT2D eigenvalue weighted by atomic mass is 16.3. The van der Waals surface area contributed by atoms with Crippen molar-refractivity contribution in [2.75, 3.05) is 0 Å². The van der Waals surface area contributed by atoms with Crippen LogP contribution in [0.25, 0.3) is 11.5 Å². The Morgan fingerprint density at radius 3 is 2.83 bits per heavy atom. The van der Waals surface area contributed by atoms with Gasteiger partial charge < -0.3 is 9.73 Å². The number of furan rings is 1. The van der Waals surface area contributed by atoms with E-state index < -0.39 is 0 Å². The maximum atomic E-state index is 5.39. The molecule has 2 aromatic rings. The molecule has 0 spiro atoms. The molecular formula is C21H24N2O. The minimum Gasteiger partial charge on any atom is -0.463 e. The Morgan fingerprint density at radius 1 is 1.25 bits per heavy atom. The highest BCUT2D eigenvalue weighted by Gasteiger charge is 2.29. The highest BCUT2D eigenvalue weighted by molar-refractivity contribution is 5.51.